The first-order valence-electron chi connectivity index (χ1n) is 18.0. The van der Waals surface area contributed by atoms with E-state index in [1.165, 1.54) is 128 Å². The molecule has 4 N–H and O–H groups in total. The van der Waals surface area contributed by atoms with Crippen LogP contribution in [0.5, 0.6) is 0 Å². The molecular formula is C36H71NO4. The highest BCUT2D eigenvalue weighted by atomic mass is 16.3. The lowest BCUT2D eigenvalue weighted by atomic mass is 10.0. The molecule has 0 fully saturated rings. The maximum absolute atomic E-state index is 12.4. The van der Waals surface area contributed by atoms with Gasteiger partial charge in [-0.25, -0.2) is 0 Å². The molecule has 0 rings (SSSR count). The van der Waals surface area contributed by atoms with Crippen molar-refractivity contribution in [1.29, 1.82) is 0 Å². The summed E-state index contributed by atoms with van der Waals surface area (Å²) < 4.78 is 0. The molecule has 5 nitrogen and oxygen atoms in total. The predicted octanol–water partition coefficient (Wildman–Crippen LogP) is 9.31. The van der Waals surface area contributed by atoms with Crippen LogP contribution in [0.4, 0.5) is 0 Å². The summed E-state index contributed by atoms with van der Waals surface area (Å²) in [4.78, 5) is 12.4. The fraction of sp³-hybridized carbons (Fsp3) is 0.917. The normalized spacial score (nSPS) is 14.0. The van der Waals surface area contributed by atoms with Crippen LogP contribution in [0.25, 0.3) is 0 Å². The molecule has 0 aliphatic heterocycles. The van der Waals surface area contributed by atoms with Crippen LogP contribution in [0.3, 0.4) is 0 Å². The Morgan fingerprint density at radius 1 is 0.561 bits per heavy atom. The van der Waals surface area contributed by atoms with Crippen LogP contribution in [-0.2, 0) is 4.79 Å². The number of unbranched alkanes of at least 4 members (excludes halogenated alkanes) is 22. The Balaban J connectivity index is 3.70. The first-order valence-corrected chi connectivity index (χ1v) is 18.0. The fourth-order valence-corrected chi connectivity index (χ4v) is 5.48. The number of hydrogen-bond acceptors (Lipinski definition) is 4. The molecule has 244 valence electrons. The summed E-state index contributed by atoms with van der Waals surface area (Å²) in [6, 6.07) is -0.708. The van der Waals surface area contributed by atoms with Crippen LogP contribution >= 0.6 is 0 Å². The number of rotatable bonds is 32. The SMILES string of the molecule is CCCCCC/C=C\CCCCCCCCC(O)C(=O)NC(CO)C(O)CCCCCCCCCCCCCCC. The molecule has 0 aromatic carbocycles. The summed E-state index contributed by atoms with van der Waals surface area (Å²) >= 11 is 0. The van der Waals surface area contributed by atoms with Crippen molar-refractivity contribution in [3.8, 4) is 0 Å². The van der Waals surface area contributed by atoms with E-state index in [1.807, 2.05) is 0 Å². The van der Waals surface area contributed by atoms with E-state index < -0.39 is 24.2 Å². The second-order valence-corrected chi connectivity index (χ2v) is 12.4. The lowest BCUT2D eigenvalue weighted by molar-refractivity contribution is -0.131. The van der Waals surface area contributed by atoms with E-state index in [0.717, 1.165) is 32.1 Å². The number of nitrogens with one attached hydrogen (secondary N) is 1. The van der Waals surface area contributed by atoms with Gasteiger partial charge in [-0.2, -0.15) is 0 Å². The van der Waals surface area contributed by atoms with E-state index in [4.69, 9.17) is 0 Å². The smallest absolute Gasteiger partial charge is 0.249 e. The van der Waals surface area contributed by atoms with E-state index in [2.05, 4.69) is 31.3 Å². The Kier molecular flexibility index (Phi) is 31.3. The minimum Gasteiger partial charge on any atom is -0.394 e. The summed E-state index contributed by atoms with van der Waals surface area (Å²) in [5.74, 6) is -0.477. The van der Waals surface area contributed by atoms with Crippen LogP contribution in [0.1, 0.15) is 187 Å². The van der Waals surface area contributed by atoms with Gasteiger partial charge in [-0.3, -0.25) is 4.79 Å². The van der Waals surface area contributed by atoms with Crippen molar-refractivity contribution in [1.82, 2.24) is 5.32 Å². The Labute approximate surface area is 255 Å². The van der Waals surface area contributed by atoms with Crippen LogP contribution in [0, 0.1) is 0 Å². The number of aliphatic hydroxyl groups is 3. The summed E-state index contributed by atoms with van der Waals surface area (Å²) in [6.07, 6.45) is 34.7. The minimum absolute atomic E-state index is 0.313. The van der Waals surface area contributed by atoms with Gasteiger partial charge in [-0.1, -0.05) is 161 Å². The zero-order chi connectivity index (χ0) is 30.2. The predicted molar refractivity (Wildman–Crippen MR) is 176 cm³/mol. The number of amides is 1. The van der Waals surface area contributed by atoms with Gasteiger partial charge in [-0.05, 0) is 38.5 Å². The third kappa shape index (κ3) is 27.7. The highest BCUT2D eigenvalue weighted by molar-refractivity contribution is 5.80. The number of carbonyl (C=O) groups excluding carboxylic acids is 1. The molecule has 3 atom stereocenters. The van der Waals surface area contributed by atoms with Crippen LogP contribution < -0.4 is 5.32 Å². The molecule has 1 amide bonds. The third-order valence-corrected chi connectivity index (χ3v) is 8.38. The number of aliphatic hydroxyl groups excluding tert-OH is 3. The highest BCUT2D eigenvalue weighted by Crippen LogP contribution is 2.15. The molecule has 0 aromatic heterocycles. The lowest BCUT2D eigenvalue weighted by Gasteiger charge is -2.23. The fourth-order valence-electron chi connectivity index (χ4n) is 5.48. The van der Waals surface area contributed by atoms with Gasteiger partial charge < -0.3 is 20.6 Å². The maximum Gasteiger partial charge on any atom is 0.249 e. The third-order valence-electron chi connectivity index (χ3n) is 8.38. The number of allylic oxidation sites excluding steroid dienone is 2. The molecule has 0 bridgehead atoms. The topological polar surface area (TPSA) is 89.8 Å². The van der Waals surface area contributed by atoms with Crippen molar-refractivity contribution in [3.63, 3.8) is 0 Å². The van der Waals surface area contributed by atoms with Crippen molar-refractivity contribution in [2.24, 2.45) is 0 Å². The largest absolute Gasteiger partial charge is 0.394 e. The Hall–Kier alpha value is -0.910. The van der Waals surface area contributed by atoms with Gasteiger partial charge in [0, 0.05) is 0 Å². The van der Waals surface area contributed by atoms with E-state index in [9.17, 15) is 20.1 Å². The zero-order valence-corrected chi connectivity index (χ0v) is 27.4. The molecule has 0 radical (unpaired) electrons. The average Bonchev–Trinajstić information content (AvgIpc) is 2.98. The molecule has 0 spiro atoms. The van der Waals surface area contributed by atoms with E-state index in [1.54, 1.807) is 0 Å². The second-order valence-electron chi connectivity index (χ2n) is 12.4. The Bertz CT molecular complexity index is 568. The second kappa shape index (κ2) is 32.0. The summed E-state index contributed by atoms with van der Waals surface area (Å²) in [6.45, 7) is 4.19. The molecule has 0 heterocycles. The van der Waals surface area contributed by atoms with E-state index in [0.29, 0.717) is 12.8 Å². The van der Waals surface area contributed by atoms with Crippen LogP contribution in [0.15, 0.2) is 12.2 Å². The van der Waals surface area contributed by atoms with Gasteiger partial charge in [0.1, 0.15) is 6.10 Å². The molecule has 0 aliphatic rings. The van der Waals surface area contributed by atoms with Crippen molar-refractivity contribution in [3.05, 3.63) is 12.2 Å². The standard InChI is InChI=1S/C36H71NO4/c1-3-5-7-9-11-13-15-17-19-21-23-25-27-29-31-35(40)36(41)37-33(32-38)34(39)30-28-26-24-22-20-18-16-14-12-10-8-6-4-2/h13,15,33-35,38-40H,3-12,14,16-32H2,1-2H3,(H,37,41)/b15-13-. The molecular weight excluding hydrogens is 510 g/mol. The lowest BCUT2D eigenvalue weighted by Crippen LogP contribution is -2.49. The average molecular weight is 582 g/mol. The van der Waals surface area contributed by atoms with Gasteiger partial charge in [0.2, 0.25) is 5.91 Å². The van der Waals surface area contributed by atoms with Crippen LogP contribution in [0.2, 0.25) is 0 Å². The van der Waals surface area contributed by atoms with Crippen molar-refractivity contribution < 1.29 is 20.1 Å². The molecule has 0 aliphatic carbocycles. The van der Waals surface area contributed by atoms with Crippen molar-refractivity contribution in [2.75, 3.05) is 6.61 Å². The van der Waals surface area contributed by atoms with Crippen molar-refractivity contribution in [2.45, 2.75) is 205 Å². The molecule has 0 saturated carbocycles. The van der Waals surface area contributed by atoms with Gasteiger partial charge in [-0.15, -0.1) is 0 Å². The molecule has 5 heteroatoms. The molecule has 0 saturated heterocycles. The first kappa shape index (κ1) is 40.1. The van der Waals surface area contributed by atoms with Crippen molar-refractivity contribution >= 4 is 5.91 Å². The first-order chi connectivity index (χ1) is 20.1. The van der Waals surface area contributed by atoms with Gasteiger partial charge >= 0.3 is 0 Å². The summed E-state index contributed by atoms with van der Waals surface area (Å²) in [5, 5.41) is 33.1. The quantitative estimate of drug-likeness (QED) is 0.0471. The van der Waals surface area contributed by atoms with Gasteiger partial charge in [0.25, 0.3) is 0 Å². The van der Waals surface area contributed by atoms with E-state index >= 15 is 0 Å². The minimum atomic E-state index is -1.07. The summed E-state index contributed by atoms with van der Waals surface area (Å²) in [5.41, 5.74) is 0. The number of carbonyl (C=O) groups is 1. The molecule has 0 aromatic rings. The molecule has 41 heavy (non-hydrogen) atoms. The highest BCUT2D eigenvalue weighted by Gasteiger charge is 2.23. The Morgan fingerprint density at radius 3 is 1.37 bits per heavy atom. The summed E-state index contributed by atoms with van der Waals surface area (Å²) in [7, 11) is 0. The number of hydrogen-bond donors (Lipinski definition) is 4. The maximum atomic E-state index is 12.4. The monoisotopic (exact) mass is 582 g/mol. The Morgan fingerprint density at radius 2 is 0.927 bits per heavy atom. The van der Waals surface area contributed by atoms with Gasteiger partial charge in [0.05, 0.1) is 18.8 Å². The zero-order valence-electron chi connectivity index (χ0n) is 27.4. The molecule has 3 unspecified atom stereocenters. The van der Waals surface area contributed by atoms with E-state index in [-0.39, 0.29) is 6.61 Å². The van der Waals surface area contributed by atoms with Gasteiger partial charge in [0.15, 0.2) is 0 Å². The van der Waals surface area contributed by atoms with Crippen LogP contribution in [-0.4, -0.2) is 46.1 Å².